The van der Waals surface area contributed by atoms with E-state index in [0.29, 0.717) is 51.5 Å². The second-order valence-corrected chi connectivity index (χ2v) is 8.18. The standard InChI is InChI=1S/C26H20ClN3O5/c27-17-7-5-16(6-8-17)23-14-28-25(35-23)12-11-24(31)30-20-4-2-1-3-19(20)26(32)29-18-9-10-21-22(13-18)34-15-33-21/h1-10,13-14H,11-12,15H2,(H,29,32)(H,30,31). The van der Waals surface area contributed by atoms with Crippen molar-refractivity contribution in [3.8, 4) is 22.8 Å². The quantitative estimate of drug-likeness (QED) is 0.353. The van der Waals surface area contributed by atoms with E-state index in [0.717, 1.165) is 5.56 Å². The zero-order valence-corrected chi connectivity index (χ0v) is 19.2. The summed E-state index contributed by atoms with van der Waals surface area (Å²) in [6, 6.07) is 19.2. The molecule has 1 aromatic heterocycles. The van der Waals surface area contributed by atoms with Crippen LogP contribution in [0.15, 0.2) is 77.3 Å². The molecule has 0 saturated carbocycles. The molecule has 0 aliphatic carbocycles. The zero-order chi connectivity index (χ0) is 24.2. The van der Waals surface area contributed by atoms with Gasteiger partial charge < -0.3 is 24.5 Å². The molecule has 2 heterocycles. The number of oxazole rings is 1. The van der Waals surface area contributed by atoms with Gasteiger partial charge in [-0.05, 0) is 48.5 Å². The van der Waals surface area contributed by atoms with Crippen LogP contribution in [0.1, 0.15) is 22.7 Å². The number of nitrogens with zero attached hydrogens (tertiary/aromatic N) is 1. The van der Waals surface area contributed by atoms with Gasteiger partial charge in [0.25, 0.3) is 5.91 Å². The molecule has 8 nitrogen and oxygen atoms in total. The number of anilines is 2. The molecule has 35 heavy (non-hydrogen) atoms. The van der Waals surface area contributed by atoms with Crippen molar-refractivity contribution in [1.29, 1.82) is 0 Å². The van der Waals surface area contributed by atoms with E-state index in [9.17, 15) is 9.59 Å². The van der Waals surface area contributed by atoms with E-state index in [2.05, 4.69) is 15.6 Å². The summed E-state index contributed by atoms with van der Waals surface area (Å²) in [4.78, 5) is 29.7. The average molecular weight is 490 g/mol. The van der Waals surface area contributed by atoms with Crippen LogP contribution in [0.25, 0.3) is 11.3 Å². The molecular weight excluding hydrogens is 470 g/mol. The number of hydrogen-bond donors (Lipinski definition) is 2. The third-order valence-corrected chi connectivity index (χ3v) is 5.58. The van der Waals surface area contributed by atoms with Crippen molar-refractivity contribution in [2.75, 3.05) is 17.4 Å². The first-order valence-electron chi connectivity index (χ1n) is 10.9. The van der Waals surface area contributed by atoms with E-state index >= 15 is 0 Å². The van der Waals surface area contributed by atoms with Gasteiger partial charge >= 0.3 is 0 Å². The number of halogens is 1. The summed E-state index contributed by atoms with van der Waals surface area (Å²) in [7, 11) is 0. The number of fused-ring (bicyclic) bond motifs is 1. The normalized spacial score (nSPS) is 11.8. The van der Waals surface area contributed by atoms with E-state index < -0.39 is 0 Å². The summed E-state index contributed by atoms with van der Waals surface area (Å²) in [6.07, 6.45) is 2.07. The van der Waals surface area contributed by atoms with Crippen LogP contribution in [0, 0.1) is 0 Å². The molecule has 176 valence electrons. The number of carbonyl (C=O) groups is 2. The van der Waals surface area contributed by atoms with Crippen molar-refractivity contribution in [3.05, 3.63) is 89.4 Å². The molecule has 0 spiro atoms. The summed E-state index contributed by atoms with van der Waals surface area (Å²) in [5.74, 6) is 1.61. The fourth-order valence-electron chi connectivity index (χ4n) is 3.57. The van der Waals surface area contributed by atoms with Crippen LogP contribution in [0.4, 0.5) is 11.4 Å². The molecule has 9 heteroatoms. The molecule has 1 aliphatic heterocycles. The smallest absolute Gasteiger partial charge is 0.257 e. The summed E-state index contributed by atoms with van der Waals surface area (Å²) >= 11 is 5.92. The van der Waals surface area contributed by atoms with Gasteiger partial charge in [0.2, 0.25) is 12.7 Å². The van der Waals surface area contributed by atoms with Crippen molar-refractivity contribution in [2.45, 2.75) is 12.8 Å². The topological polar surface area (TPSA) is 103 Å². The minimum Gasteiger partial charge on any atom is -0.454 e. The Kier molecular flexibility index (Phi) is 6.36. The predicted octanol–water partition coefficient (Wildman–Crippen LogP) is 5.55. The lowest BCUT2D eigenvalue weighted by molar-refractivity contribution is -0.116. The first-order chi connectivity index (χ1) is 17.0. The van der Waals surface area contributed by atoms with E-state index in [4.69, 9.17) is 25.5 Å². The largest absolute Gasteiger partial charge is 0.454 e. The van der Waals surface area contributed by atoms with Crippen molar-refractivity contribution < 1.29 is 23.5 Å². The molecule has 2 N–H and O–H groups in total. The molecule has 3 aromatic carbocycles. The molecule has 0 bridgehead atoms. The van der Waals surface area contributed by atoms with Gasteiger partial charge in [0.15, 0.2) is 23.1 Å². The summed E-state index contributed by atoms with van der Waals surface area (Å²) in [5.41, 5.74) is 2.14. The van der Waals surface area contributed by atoms with Crippen LogP contribution in [-0.4, -0.2) is 23.6 Å². The van der Waals surface area contributed by atoms with E-state index in [-0.39, 0.29) is 25.0 Å². The Bertz CT molecular complexity index is 1380. The van der Waals surface area contributed by atoms with Gasteiger partial charge in [-0.25, -0.2) is 4.98 Å². The number of hydrogen-bond acceptors (Lipinski definition) is 6. The summed E-state index contributed by atoms with van der Waals surface area (Å²) in [6.45, 7) is 0.150. The fourth-order valence-corrected chi connectivity index (χ4v) is 3.70. The van der Waals surface area contributed by atoms with Crippen LogP contribution in [0.3, 0.4) is 0 Å². The Morgan fingerprint density at radius 1 is 0.943 bits per heavy atom. The Hall–Kier alpha value is -4.30. The fraction of sp³-hybridized carbons (Fsp3) is 0.115. The number of carbonyl (C=O) groups excluding carboxylic acids is 2. The molecule has 2 amide bonds. The maximum atomic E-state index is 12.9. The number of rotatable bonds is 7. The van der Waals surface area contributed by atoms with Crippen LogP contribution in [0.2, 0.25) is 5.02 Å². The molecule has 0 radical (unpaired) electrons. The lowest BCUT2D eigenvalue weighted by Crippen LogP contribution is -2.18. The molecule has 0 atom stereocenters. The minimum absolute atomic E-state index is 0.138. The van der Waals surface area contributed by atoms with Crippen molar-refractivity contribution in [2.24, 2.45) is 0 Å². The maximum absolute atomic E-state index is 12.9. The highest BCUT2D eigenvalue weighted by atomic mass is 35.5. The Balaban J connectivity index is 1.20. The number of para-hydroxylation sites is 1. The highest BCUT2D eigenvalue weighted by molar-refractivity contribution is 6.30. The second-order valence-electron chi connectivity index (χ2n) is 7.74. The molecule has 4 aromatic rings. The number of ether oxygens (including phenoxy) is 2. The highest BCUT2D eigenvalue weighted by Gasteiger charge is 2.17. The first kappa shape index (κ1) is 22.5. The lowest BCUT2D eigenvalue weighted by atomic mass is 10.1. The maximum Gasteiger partial charge on any atom is 0.257 e. The van der Waals surface area contributed by atoms with Gasteiger partial charge in [0.1, 0.15) is 0 Å². The third-order valence-electron chi connectivity index (χ3n) is 5.32. The van der Waals surface area contributed by atoms with Crippen molar-refractivity contribution in [3.63, 3.8) is 0 Å². The summed E-state index contributed by atoms with van der Waals surface area (Å²) in [5, 5.41) is 6.26. The monoisotopic (exact) mass is 489 g/mol. The van der Waals surface area contributed by atoms with Gasteiger partial charge in [-0.15, -0.1) is 0 Å². The number of amides is 2. The van der Waals surface area contributed by atoms with E-state index in [1.165, 1.54) is 0 Å². The third kappa shape index (κ3) is 5.28. The Labute approximate surface area is 205 Å². The molecule has 0 fully saturated rings. The van der Waals surface area contributed by atoms with E-state index in [1.54, 1.807) is 60.8 Å². The number of aromatic nitrogens is 1. The van der Waals surface area contributed by atoms with Crippen LogP contribution >= 0.6 is 11.6 Å². The highest BCUT2D eigenvalue weighted by Crippen LogP contribution is 2.34. The first-order valence-corrected chi connectivity index (χ1v) is 11.2. The number of aryl methyl sites for hydroxylation is 1. The van der Waals surface area contributed by atoms with Crippen LogP contribution in [0.5, 0.6) is 11.5 Å². The summed E-state index contributed by atoms with van der Waals surface area (Å²) < 4.78 is 16.4. The predicted molar refractivity (Wildman–Crippen MR) is 131 cm³/mol. The van der Waals surface area contributed by atoms with Gasteiger partial charge in [0.05, 0.1) is 17.4 Å². The lowest BCUT2D eigenvalue weighted by Gasteiger charge is -2.11. The van der Waals surface area contributed by atoms with Crippen LogP contribution < -0.4 is 20.1 Å². The van der Waals surface area contributed by atoms with Gasteiger partial charge in [-0.1, -0.05) is 23.7 Å². The Morgan fingerprint density at radius 3 is 2.60 bits per heavy atom. The van der Waals surface area contributed by atoms with E-state index in [1.807, 2.05) is 12.1 Å². The second kappa shape index (κ2) is 9.90. The number of benzene rings is 3. The van der Waals surface area contributed by atoms with Gasteiger partial charge in [-0.3, -0.25) is 9.59 Å². The molecule has 0 unspecified atom stereocenters. The number of nitrogens with one attached hydrogen (secondary N) is 2. The minimum atomic E-state index is -0.361. The van der Waals surface area contributed by atoms with Crippen LogP contribution in [-0.2, 0) is 11.2 Å². The Morgan fingerprint density at radius 2 is 1.74 bits per heavy atom. The van der Waals surface area contributed by atoms with Crippen molar-refractivity contribution >= 4 is 34.8 Å². The average Bonchev–Trinajstić information content (AvgIpc) is 3.53. The molecule has 5 rings (SSSR count). The van der Waals surface area contributed by atoms with Gasteiger partial charge in [-0.2, -0.15) is 0 Å². The SMILES string of the molecule is O=C(CCc1ncc(-c2ccc(Cl)cc2)o1)Nc1ccccc1C(=O)Nc1ccc2c(c1)OCO2. The molecule has 1 aliphatic rings. The van der Waals surface area contributed by atoms with Crippen molar-refractivity contribution in [1.82, 2.24) is 4.98 Å². The van der Waals surface area contributed by atoms with Gasteiger partial charge in [0, 0.05) is 35.2 Å². The molecule has 0 saturated heterocycles. The molecular formula is C26H20ClN3O5. The zero-order valence-electron chi connectivity index (χ0n) is 18.4.